The number of aromatic carboxylic acids is 1. The monoisotopic (exact) mass is 328 g/mol. The number of esters is 1. The molecule has 0 fully saturated rings. The molecule has 0 spiro atoms. The maximum absolute atomic E-state index is 11.1. The van der Waals surface area contributed by atoms with Gasteiger partial charge in [-0.15, -0.1) is 0 Å². The molecule has 0 radical (unpaired) electrons. The van der Waals surface area contributed by atoms with E-state index in [9.17, 15) is 9.59 Å². The predicted molar refractivity (Wildman–Crippen MR) is 75.7 cm³/mol. The zero-order valence-electron chi connectivity index (χ0n) is 10.8. The Hall–Kier alpha value is -1.36. The molecule has 1 N–H and O–H groups in total. The van der Waals surface area contributed by atoms with Gasteiger partial charge in [-0.1, -0.05) is 34.1 Å². The lowest BCUT2D eigenvalue weighted by Crippen LogP contribution is -2.20. The van der Waals surface area contributed by atoms with Gasteiger partial charge in [-0.3, -0.25) is 4.79 Å². The maximum Gasteiger partial charge on any atom is 0.335 e. The summed E-state index contributed by atoms with van der Waals surface area (Å²) in [4.78, 5) is 22.2. The summed E-state index contributed by atoms with van der Waals surface area (Å²) in [5, 5.41) is 9.95. The number of alkyl halides is 1. The zero-order valence-corrected chi connectivity index (χ0v) is 12.4. The smallest absolute Gasteiger partial charge is 0.335 e. The van der Waals surface area contributed by atoms with Crippen LogP contribution in [0.4, 0.5) is 0 Å². The molecule has 1 atom stereocenters. The van der Waals surface area contributed by atoms with E-state index in [0.717, 1.165) is 11.8 Å². The molecule has 0 bridgehead atoms. The fourth-order valence-electron chi connectivity index (χ4n) is 1.89. The van der Waals surface area contributed by atoms with Crippen molar-refractivity contribution in [2.24, 2.45) is 0 Å². The Kier molecular flexibility index (Phi) is 6.56. The predicted octanol–water partition coefficient (Wildman–Crippen LogP) is 3.03. The molecule has 0 aliphatic heterocycles. The normalized spacial score (nSPS) is 11.9. The van der Waals surface area contributed by atoms with E-state index >= 15 is 0 Å². The van der Waals surface area contributed by atoms with Gasteiger partial charge in [0.25, 0.3) is 0 Å². The molecule has 1 rings (SSSR count). The fourth-order valence-corrected chi connectivity index (χ4v) is 2.22. The van der Waals surface area contributed by atoms with Crippen molar-refractivity contribution in [2.75, 3.05) is 5.33 Å². The van der Waals surface area contributed by atoms with Crippen LogP contribution in [0.15, 0.2) is 24.3 Å². The minimum absolute atomic E-state index is 0.262. The van der Waals surface area contributed by atoms with Crippen LogP contribution >= 0.6 is 15.9 Å². The average molecular weight is 329 g/mol. The van der Waals surface area contributed by atoms with Crippen molar-refractivity contribution in [1.82, 2.24) is 0 Å². The van der Waals surface area contributed by atoms with Crippen LogP contribution in [0.1, 0.15) is 35.7 Å². The summed E-state index contributed by atoms with van der Waals surface area (Å²) in [5.74, 6) is -1.30. The number of carbonyl (C=O) groups is 2. The first-order chi connectivity index (χ1) is 9.04. The lowest BCUT2D eigenvalue weighted by molar-refractivity contribution is -0.146. The van der Waals surface area contributed by atoms with Crippen LogP contribution in [-0.4, -0.2) is 28.5 Å². The number of carboxylic acid groups (broad SMARTS) is 1. The minimum atomic E-state index is -0.960. The first kappa shape index (κ1) is 15.7. The molecule has 0 amide bonds. The number of hydrogen-bond donors (Lipinski definition) is 1. The van der Waals surface area contributed by atoms with E-state index in [4.69, 9.17) is 9.84 Å². The van der Waals surface area contributed by atoms with Gasteiger partial charge in [0, 0.05) is 18.7 Å². The molecule has 5 heteroatoms. The third-order valence-corrected chi connectivity index (χ3v) is 3.25. The van der Waals surface area contributed by atoms with Gasteiger partial charge in [-0.2, -0.15) is 0 Å². The molecule has 0 saturated carbocycles. The van der Waals surface area contributed by atoms with E-state index in [1.807, 2.05) is 0 Å². The Morgan fingerprint density at radius 2 is 2.05 bits per heavy atom. The van der Waals surface area contributed by atoms with Gasteiger partial charge < -0.3 is 9.84 Å². The molecule has 1 aromatic carbocycles. The zero-order chi connectivity index (χ0) is 14.3. The highest BCUT2D eigenvalue weighted by atomic mass is 79.9. The average Bonchev–Trinajstić information content (AvgIpc) is 2.35. The summed E-state index contributed by atoms with van der Waals surface area (Å²) in [5.41, 5.74) is 0.953. The number of halogens is 1. The first-order valence-corrected chi connectivity index (χ1v) is 7.21. The van der Waals surface area contributed by atoms with Gasteiger partial charge in [-0.05, 0) is 24.5 Å². The molecular formula is C14H17BrO4. The van der Waals surface area contributed by atoms with E-state index in [1.165, 1.54) is 6.92 Å². The number of rotatable bonds is 7. The van der Waals surface area contributed by atoms with E-state index in [2.05, 4.69) is 15.9 Å². The van der Waals surface area contributed by atoms with Gasteiger partial charge in [-0.25, -0.2) is 4.79 Å². The number of benzene rings is 1. The third-order valence-electron chi connectivity index (χ3n) is 2.69. The molecule has 19 heavy (non-hydrogen) atoms. The second-order valence-electron chi connectivity index (χ2n) is 4.23. The van der Waals surface area contributed by atoms with Gasteiger partial charge in [0.1, 0.15) is 6.10 Å². The molecular weight excluding hydrogens is 312 g/mol. The van der Waals surface area contributed by atoms with Gasteiger partial charge >= 0.3 is 11.9 Å². The Morgan fingerprint density at radius 3 is 2.63 bits per heavy atom. The summed E-state index contributed by atoms with van der Waals surface area (Å²) in [6.45, 7) is 1.37. The van der Waals surface area contributed by atoms with E-state index in [1.54, 1.807) is 24.3 Å². The topological polar surface area (TPSA) is 63.6 Å². The molecule has 1 unspecified atom stereocenters. The fraction of sp³-hybridized carbons (Fsp3) is 0.429. The Balaban J connectivity index is 2.82. The summed E-state index contributed by atoms with van der Waals surface area (Å²) in [6.07, 6.45) is 1.72. The van der Waals surface area contributed by atoms with Crippen LogP contribution < -0.4 is 0 Å². The lowest BCUT2D eigenvalue weighted by atomic mass is 9.99. The molecule has 0 heterocycles. The van der Waals surface area contributed by atoms with Crippen molar-refractivity contribution in [1.29, 1.82) is 0 Å². The highest BCUT2D eigenvalue weighted by Crippen LogP contribution is 2.16. The van der Waals surface area contributed by atoms with Crippen LogP contribution in [0.25, 0.3) is 0 Å². The van der Waals surface area contributed by atoms with Crippen LogP contribution in [0.5, 0.6) is 0 Å². The summed E-state index contributed by atoms with van der Waals surface area (Å²) in [6, 6.07) is 6.80. The Morgan fingerprint density at radius 1 is 1.37 bits per heavy atom. The van der Waals surface area contributed by atoms with Crippen molar-refractivity contribution in [3.63, 3.8) is 0 Å². The van der Waals surface area contributed by atoms with E-state index in [-0.39, 0.29) is 17.6 Å². The maximum atomic E-state index is 11.1. The van der Waals surface area contributed by atoms with Crippen molar-refractivity contribution >= 4 is 27.9 Å². The van der Waals surface area contributed by atoms with Crippen molar-refractivity contribution in [3.8, 4) is 0 Å². The van der Waals surface area contributed by atoms with Crippen molar-refractivity contribution in [2.45, 2.75) is 32.3 Å². The standard InChI is InChI=1S/C14H17BrO4/c1-10(16)19-12(6-4-8-15)9-11-5-2-3-7-13(11)14(17)18/h2-3,5,7,12H,4,6,8-9H2,1H3,(H,17,18). The Bertz CT molecular complexity index is 445. The van der Waals surface area contributed by atoms with Crippen LogP contribution in [0.2, 0.25) is 0 Å². The highest BCUT2D eigenvalue weighted by Gasteiger charge is 2.17. The molecule has 0 saturated heterocycles. The SMILES string of the molecule is CC(=O)OC(CCCBr)Cc1ccccc1C(=O)O. The molecule has 4 nitrogen and oxygen atoms in total. The summed E-state index contributed by atoms with van der Waals surface area (Å²) >= 11 is 3.33. The van der Waals surface area contributed by atoms with Crippen LogP contribution in [-0.2, 0) is 16.0 Å². The highest BCUT2D eigenvalue weighted by molar-refractivity contribution is 9.09. The molecule has 0 aliphatic carbocycles. The lowest BCUT2D eigenvalue weighted by Gasteiger charge is -2.17. The minimum Gasteiger partial charge on any atom is -0.478 e. The van der Waals surface area contributed by atoms with Crippen molar-refractivity contribution < 1.29 is 19.4 Å². The molecule has 0 aromatic heterocycles. The number of carboxylic acids is 1. The number of ether oxygens (including phenoxy) is 1. The van der Waals surface area contributed by atoms with Gasteiger partial charge in [0.05, 0.1) is 5.56 Å². The largest absolute Gasteiger partial charge is 0.478 e. The molecule has 1 aromatic rings. The quantitative estimate of drug-likeness (QED) is 0.617. The number of carbonyl (C=O) groups excluding carboxylic acids is 1. The molecule has 0 aliphatic rings. The third kappa shape index (κ3) is 5.42. The first-order valence-electron chi connectivity index (χ1n) is 6.09. The Labute approximate surface area is 120 Å². The van der Waals surface area contributed by atoms with Gasteiger partial charge in [0.2, 0.25) is 0 Å². The van der Waals surface area contributed by atoms with Crippen LogP contribution in [0.3, 0.4) is 0 Å². The van der Waals surface area contributed by atoms with Crippen LogP contribution in [0, 0.1) is 0 Å². The van der Waals surface area contributed by atoms with E-state index < -0.39 is 5.97 Å². The summed E-state index contributed by atoms with van der Waals surface area (Å²) in [7, 11) is 0. The van der Waals surface area contributed by atoms with Crippen molar-refractivity contribution in [3.05, 3.63) is 35.4 Å². The van der Waals surface area contributed by atoms with E-state index in [0.29, 0.717) is 18.4 Å². The van der Waals surface area contributed by atoms with Gasteiger partial charge in [0.15, 0.2) is 0 Å². The molecule has 104 valence electrons. The second kappa shape index (κ2) is 7.94. The number of hydrogen-bond acceptors (Lipinski definition) is 3. The summed E-state index contributed by atoms with van der Waals surface area (Å²) < 4.78 is 5.24. The second-order valence-corrected chi connectivity index (χ2v) is 5.02.